The first kappa shape index (κ1) is 16.5. The van der Waals surface area contributed by atoms with Crippen LogP contribution in [0.4, 0.5) is 0 Å². The van der Waals surface area contributed by atoms with Crippen LogP contribution in [0.1, 0.15) is 0 Å². The van der Waals surface area contributed by atoms with Crippen molar-refractivity contribution in [1.82, 2.24) is 0 Å². The number of rotatable bonds is 0. The average molecular weight is 239 g/mol. The topological polar surface area (TPSA) is 40.5 Å². The monoisotopic (exact) mass is 238 g/mol. The molecule has 0 aromatic carbocycles. The van der Waals surface area contributed by atoms with Crippen molar-refractivity contribution >= 4 is 48.9 Å². The van der Waals surface area contributed by atoms with E-state index in [4.69, 9.17) is 10.5 Å². The van der Waals surface area contributed by atoms with Crippen LogP contribution in [0.3, 0.4) is 0 Å². The van der Waals surface area contributed by atoms with E-state index >= 15 is 0 Å². The molecule has 0 saturated heterocycles. The van der Waals surface area contributed by atoms with Gasteiger partial charge in [0.25, 0.3) is 0 Å². The van der Waals surface area contributed by atoms with E-state index in [0.29, 0.717) is 0 Å². The van der Waals surface area contributed by atoms with Crippen molar-refractivity contribution in [2.24, 2.45) is 0 Å². The Morgan fingerprint density at radius 3 is 1.00 bits per heavy atom. The molecule has 0 unspecified atom stereocenters. The van der Waals surface area contributed by atoms with E-state index < -0.39 is 0 Å². The molecule has 0 heterocycles. The standard InChI is InChI=1S/Ba.H2O2.Zn.2H/c;1-2;;;/h;1-2H;;;. The third-order valence-electron chi connectivity index (χ3n) is 0. The minimum Gasteiger partial charge on any atom is 0 e. The average Bonchev–Trinajstić information content (AvgIpc) is 1.00. The van der Waals surface area contributed by atoms with Crippen LogP contribution in [0.15, 0.2) is 0 Å². The molecule has 4 heavy (non-hydrogen) atoms. The molecule has 0 atom stereocenters. The first-order valence-corrected chi connectivity index (χ1v) is 0.200. The van der Waals surface area contributed by atoms with Crippen LogP contribution in [0.2, 0.25) is 0 Å². The van der Waals surface area contributed by atoms with Gasteiger partial charge in [0, 0.05) is 19.5 Å². The van der Waals surface area contributed by atoms with Gasteiger partial charge in [0.1, 0.15) is 0 Å². The number of hydrogen-bond acceptors (Lipinski definition) is 2. The molecule has 0 saturated carbocycles. The maximum Gasteiger partial charge on any atom is 0 e. The van der Waals surface area contributed by atoms with Gasteiger partial charge in [-0.2, -0.15) is 0 Å². The molecular formula is H4BaO2Zn. The molecule has 0 spiro atoms. The van der Waals surface area contributed by atoms with Crippen molar-refractivity contribution in [2.75, 3.05) is 0 Å². The molecule has 0 radical (unpaired) electrons. The second-order valence-corrected chi connectivity index (χ2v) is 0. The summed E-state index contributed by atoms with van der Waals surface area (Å²) in [6, 6.07) is 0. The molecular weight excluding hydrogens is 235 g/mol. The van der Waals surface area contributed by atoms with E-state index in [0.717, 1.165) is 0 Å². The fraction of sp³-hybridized carbons (Fsp3) is 0. The maximum absolute atomic E-state index is 6.00. The van der Waals surface area contributed by atoms with Crippen LogP contribution in [0.25, 0.3) is 0 Å². The Morgan fingerprint density at radius 1 is 1.00 bits per heavy atom. The Kier molecular flexibility index (Phi) is 79.8. The maximum atomic E-state index is 6.00. The summed E-state index contributed by atoms with van der Waals surface area (Å²) in [5.41, 5.74) is 0. The fourth-order valence-corrected chi connectivity index (χ4v) is 0. The van der Waals surface area contributed by atoms with Crippen LogP contribution in [0, 0.1) is 0 Å². The molecule has 0 aromatic heterocycles. The van der Waals surface area contributed by atoms with E-state index in [-0.39, 0.29) is 68.4 Å². The Labute approximate surface area is 77.4 Å². The van der Waals surface area contributed by atoms with Crippen molar-refractivity contribution in [3.8, 4) is 0 Å². The van der Waals surface area contributed by atoms with Gasteiger partial charge in [0.05, 0.1) is 0 Å². The molecule has 20 valence electrons. The smallest absolute Gasteiger partial charge is 0 e. The zero-order valence-corrected chi connectivity index (χ0v) is 4.57. The third-order valence-corrected chi connectivity index (χ3v) is 0. The van der Waals surface area contributed by atoms with E-state index in [9.17, 15) is 0 Å². The van der Waals surface area contributed by atoms with Crippen LogP contribution < -0.4 is 0 Å². The van der Waals surface area contributed by atoms with Gasteiger partial charge in [-0.3, -0.25) is 10.5 Å². The van der Waals surface area contributed by atoms with Gasteiger partial charge in [-0.05, 0) is 0 Å². The molecule has 0 rings (SSSR count). The summed E-state index contributed by atoms with van der Waals surface area (Å²) in [5, 5.41) is 12.0. The summed E-state index contributed by atoms with van der Waals surface area (Å²) in [6.45, 7) is 0. The molecule has 0 aliphatic carbocycles. The Morgan fingerprint density at radius 2 is 1.00 bits per heavy atom. The Balaban J connectivity index is -0.00000000500. The second kappa shape index (κ2) is 19.4. The van der Waals surface area contributed by atoms with E-state index in [1.807, 2.05) is 0 Å². The molecule has 0 bridgehead atoms. The molecule has 0 fully saturated rings. The summed E-state index contributed by atoms with van der Waals surface area (Å²) in [7, 11) is 0. The van der Waals surface area contributed by atoms with Gasteiger partial charge in [0.15, 0.2) is 0 Å². The summed E-state index contributed by atoms with van der Waals surface area (Å²) in [4.78, 5) is 0. The first-order chi connectivity index (χ1) is 1.00. The fourth-order valence-electron chi connectivity index (χ4n) is 0. The van der Waals surface area contributed by atoms with Crippen LogP contribution >= 0.6 is 0 Å². The predicted molar refractivity (Wildman–Crippen MR) is 13.8 cm³/mol. The Hall–Kier alpha value is 2.11. The van der Waals surface area contributed by atoms with Crippen molar-refractivity contribution in [3.05, 3.63) is 0 Å². The van der Waals surface area contributed by atoms with Gasteiger partial charge in [-0.25, -0.2) is 0 Å². The summed E-state index contributed by atoms with van der Waals surface area (Å²) in [5.74, 6) is 0. The summed E-state index contributed by atoms with van der Waals surface area (Å²) < 4.78 is 0. The Bertz CT molecular complexity index is 6.00. The normalized spacial score (nSPS) is 1.50. The van der Waals surface area contributed by atoms with Gasteiger partial charge in [-0.1, -0.05) is 0 Å². The molecule has 2 N–H and O–H groups in total. The van der Waals surface area contributed by atoms with Gasteiger partial charge < -0.3 is 0 Å². The SMILES string of the molecule is OO.[BaH2].[Zn]. The van der Waals surface area contributed by atoms with Gasteiger partial charge in [-0.15, -0.1) is 0 Å². The van der Waals surface area contributed by atoms with Crippen molar-refractivity contribution in [1.29, 1.82) is 0 Å². The van der Waals surface area contributed by atoms with Crippen molar-refractivity contribution < 1.29 is 30.0 Å². The molecule has 0 aromatic rings. The predicted octanol–water partition coefficient (Wildman–Crippen LogP) is -0.901. The van der Waals surface area contributed by atoms with Crippen LogP contribution in [-0.2, 0) is 19.5 Å². The summed E-state index contributed by atoms with van der Waals surface area (Å²) in [6.07, 6.45) is 0. The van der Waals surface area contributed by atoms with Gasteiger partial charge in [0.2, 0.25) is 0 Å². The number of hydrogen-bond donors (Lipinski definition) is 2. The first-order valence-electron chi connectivity index (χ1n) is 0.200. The minimum atomic E-state index is 0. The second-order valence-electron chi connectivity index (χ2n) is 0. The zero-order valence-electron chi connectivity index (χ0n) is 1.60. The minimum absolute atomic E-state index is 0. The zero-order chi connectivity index (χ0) is 2.00. The largest absolute Gasteiger partial charge is 0 e. The molecule has 2 nitrogen and oxygen atoms in total. The van der Waals surface area contributed by atoms with Crippen LogP contribution in [-0.4, -0.2) is 59.4 Å². The van der Waals surface area contributed by atoms with E-state index in [2.05, 4.69) is 0 Å². The molecule has 0 amide bonds. The summed E-state index contributed by atoms with van der Waals surface area (Å²) >= 11 is 0. The van der Waals surface area contributed by atoms with Crippen molar-refractivity contribution in [3.63, 3.8) is 0 Å². The quantitative estimate of drug-likeness (QED) is 0.326. The molecule has 0 aliphatic heterocycles. The van der Waals surface area contributed by atoms with E-state index in [1.54, 1.807) is 0 Å². The van der Waals surface area contributed by atoms with Crippen molar-refractivity contribution in [2.45, 2.75) is 0 Å². The molecule has 4 heteroatoms. The third kappa shape index (κ3) is 8.93. The van der Waals surface area contributed by atoms with E-state index in [1.165, 1.54) is 0 Å². The van der Waals surface area contributed by atoms with Crippen LogP contribution in [0.5, 0.6) is 0 Å². The van der Waals surface area contributed by atoms with Gasteiger partial charge >= 0.3 is 48.9 Å². The molecule has 0 aliphatic rings.